The van der Waals surface area contributed by atoms with Gasteiger partial charge in [-0.1, -0.05) is 11.6 Å². The summed E-state index contributed by atoms with van der Waals surface area (Å²) in [6, 6.07) is 4.46. The van der Waals surface area contributed by atoms with Crippen LogP contribution in [0.2, 0.25) is 5.02 Å². The molecule has 2 nitrogen and oxygen atoms in total. The molecule has 0 spiro atoms. The third-order valence-corrected chi connectivity index (χ3v) is 2.71. The van der Waals surface area contributed by atoms with Crippen molar-refractivity contribution in [3.8, 4) is 0 Å². The molecule has 0 saturated carbocycles. The van der Waals surface area contributed by atoms with E-state index >= 15 is 0 Å². The molecule has 0 radical (unpaired) electrons. The van der Waals surface area contributed by atoms with Gasteiger partial charge < -0.3 is 10.1 Å². The predicted molar refractivity (Wildman–Crippen MR) is 63.1 cm³/mol. The molecule has 2 rings (SSSR count). The average molecular weight is 242 g/mol. The number of benzene rings is 1. The largest absolute Gasteiger partial charge is 0.497 e. The van der Waals surface area contributed by atoms with Gasteiger partial charge in [-0.15, -0.1) is 0 Å². The second-order valence-corrected chi connectivity index (χ2v) is 4.15. The maximum atomic E-state index is 13.3. The van der Waals surface area contributed by atoms with Crippen LogP contribution in [0.3, 0.4) is 0 Å². The Balaban J connectivity index is 1.93. The Morgan fingerprint density at radius 3 is 3.12 bits per heavy atom. The van der Waals surface area contributed by atoms with Crippen molar-refractivity contribution in [1.82, 2.24) is 0 Å². The van der Waals surface area contributed by atoms with Gasteiger partial charge in [0.1, 0.15) is 11.9 Å². The summed E-state index contributed by atoms with van der Waals surface area (Å²) in [6.45, 7) is 0.585. The number of hydrogen-bond acceptors (Lipinski definition) is 2. The fraction of sp³-hybridized carbons (Fsp3) is 0.333. The van der Waals surface area contributed by atoms with E-state index in [-0.39, 0.29) is 11.9 Å². The molecule has 1 heterocycles. The molecule has 0 amide bonds. The molecule has 0 aromatic heterocycles. The molecule has 0 bridgehead atoms. The minimum Gasteiger partial charge on any atom is -0.497 e. The summed E-state index contributed by atoms with van der Waals surface area (Å²) >= 11 is 5.79. The van der Waals surface area contributed by atoms with E-state index in [0.29, 0.717) is 17.3 Å². The molecule has 0 fully saturated rings. The van der Waals surface area contributed by atoms with Crippen LogP contribution in [0.25, 0.3) is 0 Å². The Bertz CT molecular complexity index is 395. The van der Waals surface area contributed by atoms with Crippen molar-refractivity contribution in [2.24, 2.45) is 0 Å². The lowest BCUT2D eigenvalue weighted by molar-refractivity contribution is 0.135. The van der Waals surface area contributed by atoms with Crippen molar-refractivity contribution in [1.29, 1.82) is 0 Å². The third-order valence-electron chi connectivity index (χ3n) is 2.47. The van der Waals surface area contributed by atoms with Crippen molar-refractivity contribution in [2.75, 3.05) is 11.9 Å². The van der Waals surface area contributed by atoms with Crippen LogP contribution in [-0.2, 0) is 4.74 Å². The maximum Gasteiger partial charge on any atom is 0.146 e. The first kappa shape index (κ1) is 11.3. The molecule has 1 aliphatic heterocycles. The summed E-state index contributed by atoms with van der Waals surface area (Å²) in [4.78, 5) is 0. The van der Waals surface area contributed by atoms with Gasteiger partial charge in [-0.05, 0) is 37.1 Å². The van der Waals surface area contributed by atoms with E-state index in [1.807, 2.05) is 6.08 Å². The molecule has 0 saturated heterocycles. The van der Waals surface area contributed by atoms with Gasteiger partial charge in [-0.25, -0.2) is 4.39 Å². The standard InChI is InChI=1S/C12H13ClFNO/c13-9-4-5-11(14)12(7-9)15-8-10-3-1-2-6-16-10/h2,4-7,10,15H,1,3,8H2. The molecule has 1 unspecified atom stereocenters. The van der Waals surface area contributed by atoms with Crippen molar-refractivity contribution in [3.63, 3.8) is 0 Å². The molecule has 4 heteroatoms. The van der Waals surface area contributed by atoms with Crippen LogP contribution in [0.1, 0.15) is 12.8 Å². The maximum absolute atomic E-state index is 13.3. The van der Waals surface area contributed by atoms with E-state index < -0.39 is 0 Å². The summed E-state index contributed by atoms with van der Waals surface area (Å²) in [5, 5.41) is 3.53. The van der Waals surface area contributed by atoms with Crippen molar-refractivity contribution in [3.05, 3.63) is 41.4 Å². The fourth-order valence-electron chi connectivity index (χ4n) is 1.59. The Hall–Kier alpha value is -1.22. The monoisotopic (exact) mass is 241 g/mol. The van der Waals surface area contributed by atoms with Gasteiger partial charge in [0.25, 0.3) is 0 Å². The zero-order valence-electron chi connectivity index (χ0n) is 8.75. The average Bonchev–Trinajstić information content (AvgIpc) is 2.32. The van der Waals surface area contributed by atoms with Crippen LogP contribution in [0, 0.1) is 5.82 Å². The summed E-state index contributed by atoms with van der Waals surface area (Å²) < 4.78 is 18.7. The van der Waals surface area contributed by atoms with Crippen molar-refractivity contribution >= 4 is 17.3 Å². The molecule has 1 aromatic rings. The van der Waals surface area contributed by atoms with E-state index in [9.17, 15) is 4.39 Å². The van der Waals surface area contributed by atoms with Crippen LogP contribution in [0.4, 0.5) is 10.1 Å². The van der Waals surface area contributed by atoms with Crippen LogP contribution in [0.5, 0.6) is 0 Å². The Morgan fingerprint density at radius 1 is 1.50 bits per heavy atom. The Kier molecular flexibility index (Phi) is 3.67. The van der Waals surface area contributed by atoms with Gasteiger partial charge >= 0.3 is 0 Å². The highest BCUT2D eigenvalue weighted by Crippen LogP contribution is 2.20. The Morgan fingerprint density at radius 2 is 2.38 bits per heavy atom. The van der Waals surface area contributed by atoms with Crippen LogP contribution in [0.15, 0.2) is 30.5 Å². The molecule has 1 aliphatic rings. The first-order valence-electron chi connectivity index (χ1n) is 5.25. The number of anilines is 1. The number of hydrogen-bond donors (Lipinski definition) is 1. The summed E-state index contributed by atoms with van der Waals surface area (Å²) in [5.74, 6) is -0.296. The van der Waals surface area contributed by atoms with E-state index in [4.69, 9.17) is 16.3 Å². The highest BCUT2D eigenvalue weighted by Gasteiger charge is 2.11. The number of nitrogens with one attached hydrogen (secondary N) is 1. The minimum absolute atomic E-state index is 0.100. The van der Waals surface area contributed by atoms with E-state index in [0.717, 1.165) is 12.8 Å². The molecule has 16 heavy (non-hydrogen) atoms. The topological polar surface area (TPSA) is 21.3 Å². The van der Waals surface area contributed by atoms with Crippen molar-refractivity contribution < 1.29 is 9.13 Å². The van der Waals surface area contributed by atoms with E-state index in [1.165, 1.54) is 12.1 Å². The molecular formula is C12H13ClFNO. The first-order chi connectivity index (χ1) is 7.75. The van der Waals surface area contributed by atoms with E-state index in [2.05, 4.69) is 5.32 Å². The quantitative estimate of drug-likeness (QED) is 0.873. The van der Waals surface area contributed by atoms with Crippen LogP contribution in [-0.4, -0.2) is 12.6 Å². The number of ether oxygens (including phenoxy) is 1. The van der Waals surface area contributed by atoms with Gasteiger partial charge in [-0.2, -0.15) is 0 Å². The molecule has 0 aliphatic carbocycles. The van der Waals surface area contributed by atoms with Gasteiger partial charge in [0.15, 0.2) is 0 Å². The predicted octanol–water partition coefficient (Wildman–Crippen LogP) is 3.58. The summed E-state index contributed by atoms with van der Waals surface area (Å²) in [6.07, 6.45) is 5.74. The van der Waals surface area contributed by atoms with Crippen LogP contribution < -0.4 is 5.32 Å². The number of rotatable bonds is 3. The van der Waals surface area contributed by atoms with Crippen molar-refractivity contribution in [2.45, 2.75) is 18.9 Å². The molecule has 86 valence electrons. The zero-order valence-corrected chi connectivity index (χ0v) is 9.51. The fourth-order valence-corrected chi connectivity index (χ4v) is 1.76. The number of allylic oxidation sites excluding steroid dienone is 1. The highest BCUT2D eigenvalue weighted by molar-refractivity contribution is 6.30. The zero-order chi connectivity index (χ0) is 11.4. The second-order valence-electron chi connectivity index (χ2n) is 3.71. The SMILES string of the molecule is Fc1ccc(Cl)cc1NCC1CCC=CO1. The lowest BCUT2D eigenvalue weighted by Gasteiger charge is -2.20. The molecular weight excluding hydrogens is 229 g/mol. The van der Waals surface area contributed by atoms with E-state index in [1.54, 1.807) is 12.3 Å². The molecule has 1 aromatic carbocycles. The smallest absolute Gasteiger partial charge is 0.146 e. The number of halogens is 2. The van der Waals surface area contributed by atoms with Gasteiger partial charge in [0.05, 0.1) is 18.5 Å². The normalized spacial score (nSPS) is 19.2. The van der Waals surface area contributed by atoms with Gasteiger partial charge in [0.2, 0.25) is 0 Å². The lowest BCUT2D eigenvalue weighted by Crippen LogP contribution is -2.23. The Labute approximate surface area is 99.1 Å². The summed E-state index contributed by atoms with van der Waals surface area (Å²) in [7, 11) is 0. The van der Waals surface area contributed by atoms with Gasteiger partial charge in [0, 0.05) is 5.02 Å². The second kappa shape index (κ2) is 5.21. The van der Waals surface area contributed by atoms with Crippen LogP contribution >= 0.6 is 11.6 Å². The highest BCUT2D eigenvalue weighted by atomic mass is 35.5. The molecule has 1 N–H and O–H groups in total. The first-order valence-corrected chi connectivity index (χ1v) is 5.63. The molecule has 1 atom stereocenters. The third kappa shape index (κ3) is 2.89. The minimum atomic E-state index is -0.296. The summed E-state index contributed by atoms with van der Waals surface area (Å²) in [5.41, 5.74) is 0.422. The van der Waals surface area contributed by atoms with Gasteiger partial charge in [-0.3, -0.25) is 0 Å². The lowest BCUT2D eigenvalue weighted by atomic mass is 10.1.